The molecular formula is C23H16BrF5N2O5S. The maximum atomic E-state index is 14.9. The fourth-order valence-electron chi connectivity index (χ4n) is 3.48. The van der Waals surface area contributed by atoms with E-state index < -0.39 is 52.1 Å². The molecule has 7 nitrogen and oxygen atoms in total. The lowest BCUT2D eigenvalue weighted by Crippen LogP contribution is -2.31. The van der Waals surface area contributed by atoms with E-state index in [1.807, 2.05) is 0 Å². The van der Waals surface area contributed by atoms with Gasteiger partial charge >= 0.3 is 6.36 Å². The smallest absolute Gasteiger partial charge is 0.505 e. The van der Waals surface area contributed by atoms with Crippen LogP contribution in [0.5, 0.6) is 17.2 Å². The van der Waals surface area contributed by atoms with E-state index >= 15 is 0 Å². The van der Waals surface area contributed by atoms with Crippen LogP contribution in [0.4, 0.5) is 27.6 Å². The molecule has 1 amide bonds. The molecule has 0 aliphatic carbocycles. The molecule has 0 spiro atoms. The molecule has 1 atom stereocenters. The number of nitrogens with zero attached hydrogens (tertiary/aromatic N) is 1. The van der Waals surface area contributed by atoms with E-state index in [-0.39, 0.29) is 45.0 Å². The Morgan fingerprint density at radius 1 is 1.11 bits per heavy atom. The van der Waals surface area contributed by atoms with Crippen LogP contribution in [0, 0.1) is 11.6 Å². The third-order valence-corrected chi connectivity index (χ3v) is 6.96. The molecule has 3 aromatic carbocycles. The van der Waals surface area contributed by atoms with Gasteiger partial charge in [-0.3, -0.25) is 9.52 Å². The summed E-state index contributed by atoms with van der Waals surface area (Å²) < 4.78 is 92.9. The first-order chi connectivity index (χ1) is 17.3. The second-order valence-electron chi connectivity index (χ2n) is 7.77. The van der Waals surface area contributed by atoms with Gasteiger partial charge in [-0.25, -0.2) is 13.0 Å². The van der Waals surface area contributed by atoms with Crippen molar-refractivity contribution in [1.29, 1.82) is 0 Å². The van der Waals surface area contributed by atoms with Crippen molar-refractivity contribution < 1.29 is 45.5 Å². The van der Waals surface area contributed by atoms with E-state index in [1.54, 1.807) is 0 Å². The number of halogens is 6. The highest BCUT2D eigenvalue weighted by Crippen LogP contribution is 2.39. The van der Waals surface area contributed by atoms with Crippen LogP contribution in [0.2, 0.25) is 0 Å². The fraction of sp³-hybridized carbons (Fsp3) is 0.174. The van der Waals surface area contributed by atoms with E-state index in [0.29, 0.717) is 6.07 Å². The number of hydrogen-bond donors (Lipinski definition) is 2. The minimum absolute atomic E-state index is 0.00854. The second kappa shape index (κ2) is 10.2. The first-order valence-electron chi connectivity index (χ1n) is 10.3. The number of alkyl halides is 3. The molecule has 0 saturated heterocycles. The van der Waals surface area contributed by atoms with E-state index in [1.165, 1.54) is 18.0 Å². The average molecular weight is 607 g/mol. The summed E-state index contributed by atoms with van der Waals surface area (Å²) in [5, 5.41) is 10.4. The normalized spacial score (nSPS) is 16.1. The lowest BCUT2D eigenvalue weighted by Gasteiger charge is -2.19. The Bertz CT molecular complexity index is 1420. The first kappa shape index (κ1) is 26.7. The highest BCUT2D eigenvalue weighted by molar-refractivity contribution is 9.10. The third-order valence-electron chi connectivity index (χ3n) is 5.24. The van der Waals surface area contributed by atoms with Gasteiger partial charge in [-0.1, -0.05) is 0 Å². The molecule has 4 bridgehead atoms. The zero-order valence-corrected chi connectivity index (χ0v) is 21.1. The Morgan fingerprint density at radius 2 is 1.84 bits per heavy atom. The van der Waals surface area contributed by atoms with Gasteiger partial charge in [-0.05, 0) is 52.3 Å². The zero-order chi connectivity index (χ0) is 27.1. The number of benzene rings is 3. The Morgan fingerprint density at radius 3 is 2.54 bits per heavy atom. The van der Waals surface area contributed by atoms with Crippen LogP contribution in [0.15, 0.2) is 51.8 Å². The topological polar surface area (TPSA) is 88.1 Å². The van der Waals surface area contributed by atoms with Crippen LogP contribution in [0.1, 0.15) is 10.4 Å². The van der Waals surface area contributed by atoms with Gasteiger partial charge in [-0.15, -0.1) is 13.2 Å². The second-order valence-corrected chi connectivity index (χ2v) is 9.80. The SMILES string of the molecule is CN1CCOc2ccc(OC(F)(F)F)cc2-c2cc(c(F)cc2F)NS(=O)c2cc(cc(Br)c2O)C1=O. The summed E-state index contributed by atoms with van der Waals surface area (Å²) in [6.45, 7) is -0.161. The molecule has 1 heterocycles. The molecule has 1 aliphatic heterocycles. The van der Waals surface area contributed by atoms with Crippen molar-refractivity contribution in [1.82, 2.24) is 4.90 Å². The highest BCUT2D eigenvalue weighted by Gasteiger charge is 2.32. The Labute approximate surface area is 217 Å². The van der Waals surface area contributed by atoms with Crippen LogP contribution < -0.4 is 14.2 Å². The largest absolute Gasteiger partial charge is 0.573 e. The summed E-state index contributed by atoms with van der Waals surface area (Å²) in [7, 11) is -0.912. The molecule has 1 aliphatic rings. The van der Waals surface area contributed by atoms with E-state index in [0.717, 1.165) is 30.3 Å². The van der Waals surface area contributed by atoms with Gasteiger partial charge in [0.1, 0.15) is 40.4 Å². The van der Waals surface area contributed by atoms with Gasteiger partial charge < -0.3 is 19.5 Å². The van der Waals surface area contributed by atoms with Gasteiger partial charge in [0.25, 0.3) is 5.91 Å². The number of likely N-dealkylation sites (N-methyl/N-ethyl adjacent to an activating group) is 1. The predicted octanol–water partition coefficient (Wildman–Crippen LogP) is 5.60. The number of hydrogen-bond acceptors (Lipinski definition) is 5. The van der Waals surface area contributed by atoms with Gasteiger partial charge in [0, 0.05) is 29.8 Å². The number of carbonyl (C=O) groups is 1. The van der Waals surface area contributed by atoms with Crippen molar-refractivity contribution >= 4 is 38.5 Å². The molecule has 3 aromatic rings. The molecular weight excluding hydrogens is 591 g/mol. The van der Waals surface area contributed by atoms with Crippen LogP contribution in [0.25, 0.3) is 11.1 Å². The summed E-state index contributed by atoms with van der Waals surface area (Å²) in [5.41, 5.74) is -1.06. The Balaban J connectivity index is 1.89. The number of phenolic OH excluding ortho intramolecular Hbond substituents is 1. The fourth-order valence-corrected chi connectivity index (χ4v) is 5.06. The molecule has 0 aromatic heterocycles. The summed E-state index contributed by atoms with van der Waals surface area (Å²) in [6.07, 6.45) is -5.03. The van der Waals surface area contributed by atoms with Crippen LogP contribution >= 0.6 is 15.9 Å². The molecule has 0 radical (unpaired) electrons. The minimum Gasteiger partial charge on any atom is -0.505 e. The summed E-state index contributed by atoms with van der Waals surface area (Å²) in [5.74, 6) is -4.11. The molecule has 0 saturated carbocycles. The van der Waals surface area contributed by atoms with Crippen LogP contribution in [-0.4, -0.2) is 46.7 Å². The summed E-state index contributed by atoms with van der Waals surface area (Å²) >= 11 is 3.09. The molecule has 14 heteroatoms. The van der Waals surface area contributed by atoms with E-state index in [2.05, 4.69) is 25.4 Å². The van der Waals surface area contributed by atoms with Gasteiger partial charge in [0.2, 0.25) is 0 Å². The van der Waals surface area contributed by atoms with Crippen molar-refractivity contribution in [2.24, 2.45) is 0 Å². The Kier molecular flexibility index (Phi) is 7.33. The van der Waals surface area contributed by atoms with Gasteiger partial charge in [-0.2, -0.15) is 0 Å². The number of rotatable bonds is 1. The van der Waals surface area contributed by atoms with Crippen molar-refractivity contribution in [3.05, 3.63) is 64.1 Å². The molecule has 196 valence electrons. The van der Waals surface area contributed by atoms with Crippen molar-refractivity contribution in [2.75, 3.05) is 24.9 Å². The summed E-state index contributed by atoms with van der Waals surface area (Å²) in [6, 6.07) is 6.74. The number of fused-ring (bicyclic) bond motifs is 6. The average Bonchev–Trinajstić information content (AvgIpc) is 2.81. The number of carbonyl (C=O) groups excluding carboxylic acids is 1. The number of phenols is 1. The maximum Gasteiger partial charge on any atom is 0.573 e. The quantitative estimate of drug-likeness (QED) is 0.352. The third kappa shape index (κ3) is 5.80. The van der Waals surface area contributed by atoms with Crippen molar-refractivity contribution in [2.45, 2.75) is 11.3 Å². The first-order valence-corrected chi connectivity index (χ1v) is 12.3. The molecule has 0 fully saturated rings. The molecule has 4 rings (SSSR count). The van der Waals surface area contributed by atoms with Crippen LogP contribution in [0.3, 0.4) is 0 Å². The van der Waals surface area contributed by atoms with E-state index in [9.17, 15) is 36.1 Å². The predicted molar refractivity (Wildman–Crippen MR) is 127 cm³/mol. The number of aromatic hydroxyl groups is 1. The van der Waals surface area contributed by atoms with Crippen LogP contribution in [-0.2, 0) is 11.0 Å². The monoisotopic (exact) mass is 606 g/mol. The van der Waals surface area contributed by atoms with Gasteiger partial charge in [0.05, 0.1) is 16.7 Å². The minimum atomic E-state index is -5.03. The van der Waals surface area contributed by atoms with Crippen molar-refractivity contribution in [3.63, 3.8) is 0 Å². The lowest BCUT2D eigenvalue weighted by atomic mass is 10.0. The highest BCUT2D eigenvalue weighted by atomic mass is 79.9. The molecule has 1 unspecified atom stereocenters. The number of anilines is 1. The summed E-state index contributed by atoms with van der Waals surface area (Å²) in [4.78, 5) is 13.9. The standard InChI is InChI=1S/C23H16BrF5N2O5S/c1-31-4-5-35-19-3-2-12(36-23(27,28)29)8-14(19)13-9-18(17(26)10-16(13)25)30-37(34)20-7-11(22(31)33)6-15(24)21(20)32/h2-3,6-10,30,32H,4-5H2,1H3. The van der Waals surface area contributed by atoms with Gasteiger partial charge in [0.15, 0.2) is 11.0 Å². The number of nitrogens with one attached hydrogen (secondary N) is 1. The zero-order valence-electron chi connectivity index (χ0n) is 18.7. The Hall–Kier alpha value is -3.39. The molecule has 2 N–H and O–H groups in total. The van der Waals surface area contributed by atoms with Crippen molar-refractivity contribution in [3.8, 4) is 28.4 Å². The molecule has 37 heavy (non-hydrogen) atoms. The number of amides is 1. The maximum absolute atomic E-state index is 14.9. The number of ether oxygens (including phenoxy) is 2. The van der Waals surface area contributed by atoms with E-state index in [4.69, 9.17) is 4.74 Å². The lowest BCUT2D eigenvalue weighted by molar-refractivity contribution is -0.274.